The highest BCUT2D eigenvalue weighted by Gasteiger charge is 2.12. The van der Waals surface area contributed by atoms with Crippen molar-refractivity contribution in [3.8, 4) is 0 Å². The number of rotatable bonds is 2. The smallest absolute Gasteiger partial charge is 0.271 e. The lowest BCUT2D eigenvalue weighted by atomic mass is 10.1. The zero-order chi connectivity index (χ0) is 10.0. The first kappa shape index (κ1) is 9.76. The molecular weight excluding hydrogens is 194 g/mol. The Hall–Kier alpha value is -1.33. The van der Waals surface area contributed by atoms with E-state index in [0.29, 0.717) is 11.3 Å². The SMILES string of the molecule is NCc1cc([N+](=O)[O-])cc(Cl)c1N. The highest BCUT2D eigenvalue weighted by molar-refractivity contribution is 6.33. The first-order valence-electron chi connectivity index (χ1n) is 3.48. The summed E-state index contributed by atoms with van der Waals surface area (Å²) in [4.78, 5) is 9.86. The Balaban J connectivity index is 3.30. The first-order valence-corrected chi connectivity index (χ1v) is 3.86. The van der Waals surface area contributed by atoms with E-state index in [9.17, 15) is 10.1 Å². The van der Waals surface area contributed by atoms with Gasteiger partial charge in [-0.1, -0.05) is 11.6 Å². The molecule has 1 aromatic carbocycles. The van der Waals surface area contributed by atoms with Crippen LogP contribution in [0.5, 0.6) is 0 Å². The monoisotopic (exact) mass is 201 g/mol. The van der Waals surface area contributed by atoms with Gasteiger partial charge in [-0.05, 0) is 5.56 Å². The van der Waals surface area contributed by atoms with E-state index in [-0.39, 0.29) is 17.3 Å². The summed E-state index contributed by atoms with van der Waals surface area (Å²) in [6.07, 6.45) is 0. The van der Waals surface area contributed by atoms with Crippen LogP contribution in [-0.2, 0) is 6.54 Å². The van der Waals surface area contributed by atoms with E-state index in [2.05, 4.69) is 0 Å². The van der Waals surface area contributed by atoms with Gasteiger partial charge < -0.3 is 11.5 Å². The quantitative estimate of drug-likeness (QED) is 0.428. The van der Waals surface area contributed by atoms with E-state index >= 15 is 0 Å². The van der Waals surface area contributed by atoms with Crippen LogP contribution in [0.25, 0.3) is 0 Å². The fourth-order valence-electron chi connectivity index (χ4n) is 0.933. The number of anilines is 1. The molecule has 1 rings (SSSR count). The molecule has 6 heteroatoms. The molecule has 4 N–H and O–H groups in total. The normalized spacial score (nSPS) is 10.0. The van der Waals surface area contributed by atoms with Gasteiger partial charge in [-0.25, -0.2) is 0 Å². The second-order valence-electron chi connectivity index (χ2n) is 2.46. The molecule has 70 valence electrons. The van der Waals surface area contributed by atoms with Crippen LogP contribution < -0.4 is 11.5 Å². The Bertz CT molecular complexity index is 354. The standard InChI is InChI=1S/C7H8ClN3O2/c8-6-2-5(11(12)13)1-4(3-9)7(6)10/h1-2H,3,9-10H2. The molecule has 0 saturated carbocycles. The van der Waals surface area contributed by atoms with Gasteiger partial charge in [0.25, 0.3) is 5.69 Å². The lowest BCUT2D eigenvalue weighted by Gasteiger charge is -2.04. The number of non-ortho nitro benzene ring substituents is 1. The second-order valence-corrected chi connectivity index (χ2v) is 2.87. The molecule has 5 nitrogen and oxygen atoms in total. The summed E-state index contributed by atoms with van der Waals surface area (Å²) in [6, 6.07) is 2.53. The zero-order valence-electron chi connectivity index (χ0n) is 6.66. The van der Waals surface area contributed by atoms with Crippen LogP contribution in [0.2, 0.25) is 5.02 Å². The zero-order valence-corrected chi connectivity index (χ0v) is 7.41. The predicted molar refractivity (Wildman–Crippen MR) is 50.4 cm³/mol. The van der Waals surface area contributed by atoms with Crippen LogP contribution in [0.1, 0.15) is 5.56 Å². The van der Waals surface area contributed by atoms with Gasteiger partial charge in [0.2, 0.25) is 0 Å². The van der Waals surface area contributed by atoms with Crippen molar-refractivity contribution in [3.63, 3.8) is 0 Å². The molecule has 0 aromatic heterocycles. The maximum absolute atomic E-state index is 10.4. The molecule has 0 radical (unpaired) electrons. The molecule has 0 amide bonds. The summed E-state index contributed by atoms with van der Waals surface area (Å²) in [7, 11) is 0. The Kier molecular flexibility index (Phi) is 2.69. The van der Waals surface area contributed by atoms with Crippen LogP contribution in [0.3, 0.4) is 0 Å². The second kappa shape index (κ2) is 3.59. The van der Waals surface area contributed by atoms with Crippen molar-refractivity contribution in [1.29, 1.82) is 0 Å². The number of benzene rings is 1. The minimum Gasteiger partial charge on any atom is -0.397 e. The van der Waals surface area contributed by atoms with Gasteiger partial charge in [0.05, 0.1) is 15.6 Å². The number of nitro groups is 1. The molecule has 0 unspecified atom stereocenters. The molecule has 0 aliphatic heterocycles. The lowest BCUT2D eigenvalue weighted by molar-refractivity contribution is -0.384. The van der Waals surface area contributed by atoms with Crippen molar-refractivity contribution in [2.45, 2.75) is 6.54 Å². The third-order valence-electron chi connectivity index (χ3n) is 1.63. The molecular formula is C7H8ClN3O2. The third-order valence-corrected chi connectivity index (χ3v) is 1.94. The van der Waals surface area contributed by atoms with E-state index < -0.39 is 4.92 Å². The lowest BCUT2D eigenvalue weighted by Crippen LogP contribution is -2.03. The van der Waals surface area contributed by atoms with Crippen LogP contribution in [0.15, 0.2) is 12.1 Å². The maximum Gasteiger partial charge on any atom is 0.271 e. The van der Waals surface area contributed by atoms with Crippen molar-refractivity contribution in [2.24, 2.45) is 5.73 Å². The topological polar surface area (TPSA) is 95.2 Å². The minimum absolute atomic E-state index is 0.0975. The van der Waals surface area contributed by atoms with Crippen LogP contribution >= 0.6 is 11.6 Å². The number of nitrogens with two attached hydrogens (primary N) is 2. The van der Waals surface area contributed by atoms with E-state index in [0.717, 1.165) is 0 Å². The van der Waals surface area contributed by atoms with Crippen molar-refractivity contribution in [1.82, 2.24) is 0 Å². The number of nitrogens with zero attached hydrogens (tertiary/aromatic N) is 1. The summed E-state index contributed by atoms with van der Waals surface area (Å²) in [5.41, 5.74) is 11.5. The molecule has 0 bridgehead atoms. The van der Waals surface area contributed by atoms with Gasteiger partial charge in [0, 0.05) is 18.7 Å². The number of hydrogen-bond donors (Lipinski definition) is 2. The van der Waals surface area contributed by atoms with Crippen LogP contribution in [-0.4, -0.2) is 4.92 Å². The Morgan fingerprint density at radius 1 is 1.54 bits per heavy atom. The molecule has 0 fully saturated rings. The van der Waals surface area contributed by atoms with Gasteiger partial charge >= 0.3 is 0 Å². The largest absolute Gasteiger partial charge is 0.397 e. The average Bonchev–Trinajstić information content (AvgIpc) is 2.09. The van der Waals surface area contributed by atoms with Crippen molar-refractivity contribution < 1.29 is 4.92 Å². The highest BCUT2D eigenvalue weighted by Crippen LogP contribution is 2.28. The van der Waals surface area contributed by atoms with Crippen LogP contribution in [0.4, 0.5) is 11.4 Å². The van der Waals surface area contributed by atoms with Gasteiger partial charge in [-0.15, -0.1) is 0 Å². The summed E-state index contributed by atoms with van der Waals surface area (Å²) >= 11 is 5.66. The summed E-state index contributed by atoms with van der Waals surface area (Å²) in [5, 5.41) is 10.6. The fourth-order valence-corrected chi connectivity index (χ4v) is 1.17. The maximum atomic E-state index is 10.4. The van der Waals surface area contributed by atoms with Crippen molar-refractivity contribution in [3.05, 3.63) is 32.8 Å². The Morgan fingerprint density at radius 2 is 2.15 bits per heavy atom. The Labute approximate surface area is 79.4 Å². The van der Waals surface area contributed by atoms with Gasteiger partial charge in [0.15, 0.2) is 0 Å². The summed E-state index contributed by atoms with van der Waals surface area (Å²) in [6.45, 7) is 0.132. The van der Waals surface area contributed by atoms with E-state index in [1.165, 1.54) is 12.1 Å². The number of hydrogen-bond acceptors (Lipinski definition) is 4. The number of halogens is 1. The molecule has 0 saturated heterocycles. The molecule has 13 heavy (non-hydrogen) atoms. The summed E-state index contributed by atoms with van der Waals surface area (Å²) in [5.74, 6) is 0. The van der Waals surface area contributed by atoms with Crippen LogP contribution in [0, 0.1) is 10.1 Å². The minimum atomic E-state index is -0.537. The highest BCUT2D eigenvalue weighted by atomic mass is 35.5. The average molecular weight is 202 g/mol. The molecule has 0 aliphatic carbocycles. The molecule has 0 aliphatic rings. The third kappa shape index (κ3) is 1.88. The van der Waals surface area contributed by atoms with Gasteiger partial charge in [0.1, 0.15) is 0 Å². The van der Waals surface area contributed by atoms with Gasteiger partial charge in [-0.3, -0.25) is 10.1 Å². The van der Waals surface area contributed by atoms with E-state index in [1.807, 2.05) is 0 Å². The molecule has 0 heterocycles. The Morgan fingerprint density at radius 3 is 2.62 bits per heavy atom. The number of nitro benzene ring substituents is 1. The van der Waals surface area contributed by atoms with E-state index in [1.54, 1.807) is 0 Å². The molecule has 0 atom stereocenters. The fraction of sp³-hybridized carbons (Fsp3) is 0.143. The van der Waals surface area contributed by atoms with Crippen molar-refractivity contribution >= 4 is 23.0 Å². The molecule has 1 aromatic rings. The summed E-state index contributed by atoms with van der Waals surface area (Å²) < 4.78 is 0. The predicted octanol–water partition coefficient (Wildman–Crippen LogP) is 1.29. The molecule has 0 spiro atoms. The first-order chi connectivity index (χ1) is 6.06. The number of nitrogen functional groups attached to an aromatic ring is 1. The van der Waals surface area contributed by atoms with E-state index in [4.69, 9.17) is 23.1 Å². The van der Waals surface area contributed by atoms with Gasteiger partial charge in [-0.2, -0.15) is 0 Å². The van der Waals surface area contributed by atoms with Crippen molar-refractivity contribution in [2.75, 3.05) is 5.73 Å².